The van der Waals surface area contributed by atoms with Crippen molar-refractivity contribution in [3.8, 4) is 0 Å². The van der Waals surface area contributed by atoms with E-state index in [1.54, 1.807) is 0 Å². The monoisotopic (exact) mass is 278 g/mol. The van der Waals surface area contributed by atoms with Crippen LogP contribution in [0.25, 0.3) is 0 Å². The molecule has 0 fully saturated rings. The van der Waals surface area contributed by atoms with E-state index in [0.29, 0.717) is 6.17 Å². The summed E-state index contributed by atoms with van der Waals surface area (Å²) < 4.78 is 0. The van der Waals surface area contributed by atoms with Gasteiger partial charge in [0.15, 0.2) is 0 Å². The fourth-order valence-corrected chi connectivity index (χ4v) is 0.144. The van der Waals surface area contributed by atoms with Crippen LogP contribution in [0.1, 0.15) is 20.8 Å². The van der Waals surface area contributed by atoms with Gasteiger partial charge in [-0.2, -0.15) is 13.8 Å². The quantitative estimate of drug-likeness (QED) is 0.569. The molecule has 0 aromatic carbocycles. The van der Waals surface area contributed by atoms with Crippen LogP contribution in [0.4, 0.5) is 0 Å². The van der Waals surface area contributed by atoms with Crippen molar-refractivity contribution in [1.82, 2.24) is 10.6 Å². The summed E-state index contributed by atoms with van der Waals surface area (Å²) in [6.07, 6.45) is 3.44. The van der Waals surface area contributed by atoms with Crippen LogP contribution in [0.15, 0.2) is 0 Å². The smallest absolute Gasteiger partial charge is 0.542 e. The zero-order valence-electron chi connectivity index (χ0n) is 9.97. The molecule has 0 bridgehead atoms. The van der Waals surface area contributed by atoms with Crippen molar-refractivity contribution in [2.24, 2.45) is 0 Å². The van der Waals surface area contributed by atoms with E-state index in [9.17, 15) is 0 Å². The van der Waals surface area contributed by atoms with Gasteiger partial charge >= 0.3 is 32.7 Å². The largest absolute Gasteiger partial charge is 3.00 e. The first-order valence-corrected chi connectivity index (χ1v) is 3.56. The van der Waals surface area contributed by atoms with E-state index in [1.165, 1.54) is 26.4 Å². The van der Waals surface area contributed by atoms with Crippen molar-refractivity contribution in [2.45, 2.75) is 26.9 Å². The zero-order valence-corrected chi connectivity index (χ0v) is 12.8. The molecule has 0 radical (unpaired) electrons. The Morgan fingerprint density at radius 2 is 1.14 bits per heavy atom. The van der Waals surface area contributed by atoms with Crippen LogP contribution in [-0.4, -0.2) is 32.8 Å². The summed E-state index contributed by atoms with van der Waals surface area (Å²) in [5.41, 5.74) is 0. The summed E-state index contributed by atoms with van der Waals surface area (Å²) in [5.74, 6) is 0. The Hall–Kier alpha value is 0.364. The molecule has 82 valence electrons. The summed E-state index contributed by atoms with van der Waals surface area (Å²) in [5, 5.41) is 6.01. The number of hydrogen-bond donors (Lipinski definition) is 2. The fraction of sp³-hybridized carbons (Fsp3) is 0.667. The summed E-state index contributed by atoms with van der Waals surface area (Å²) in [7, 11) is 3.84. The molecule has 14 heavy (non-hydrogen) atoms. The SMILES string of the molecule is CNC(C)NC.C[C-]=O.C[C-]=O.[CH3-].[Y+3]. The number of carbonyl (C=O) groups excluding carboxylic acids is 2. The zero-order chi connectivity index (χ0) is 10.4. The summed E-state index contributed by atoms with van der Waals surface area (Å²) in [4.78, 5) is 17.4. The molecule has 0 saturated carbocycles. The molecule has 0 heterocycles. The Balaban J connectivity index is -0.0000000297. The van der Waals surface area contributed by atoms with Crippen molar-refractivity contribution < 1.29 is 42.3 Å². The molecule has 0 saturated heterocycles. The predicted octanol–water partition coefficient (Wildman–Crippen LogP) is 0.451. The van der Waals surface area contributed by atoms with Gasteiger partial charge in [0.2, 0.25) is 0 Å². The van der Waals surface area contributed by atoms with E-state index in [2.05, 4.69) is 17.6 Å². The average molecular weight is 278 g/mol. The molecule has 0 aromatic heterocycles. The first-order valence-electron chi connectivity index (χ1n) is 3.56. The summed E-state index contributed by atoms with van der Waals surface area (Å²) in [6.45, 7) is 4.69. The van der Waals surface area contributed by atoms with Gasteiger partial charge in [0, 0.05) is 0 Å². The Kier molecular flexibility index (Phi) is 78.7. The standard InChI is InChI=1S/C4H12N2.2C2H3O.CH3.Y/c1-4(5-2)6-3;2*1-2-3;;/h4-6H,1-3H3;2*1H3;1H3;/q;3*-1;+3. The molecular weight excluding hydrogens is 257 g/mol. The minimum Gasteiger partial charge on any atom is -0.542 e. The molecule has 0 atom stereocenters. The van der Waals surface area contributed by atoms with Crippen LogP contribution in [0, 0.1) is 7.43 Å². The first-order chi connectivity index (χ1) is 5.64. The minimum absolute atomic E-state index is 0. The third-order valence-electron chi connectivity index (χ3n) is 0.866. The van der Waals surface area contributed by atoms with Gasteiger partial charge in [-0.05, 0) is 21.0 Å². The number of nitrogens with one attached hydrogen (secondary N) is 2. The van der Waals surface area contributed by atoms with Gasteiger partial charge in [0.1, 0.15) is 0 Å². The Labute approximate surface area is 113 Å². The summed E-state index contributed by atoms with van der Waals surface area (Å²) in [6, 6.07) is 0. The maximum Gasteiger partial charge on any atom is 3.00 e. The van der Waals surface area contributed by atoms with Crippen LogP contribution in [0.2, 0.25) is 0 Å². The van der Waals surface area contributed by atoms with E-state index in [4.69, 9.17) is 9.59 Å². The number of hydrogen-bond acceptors (Lipinski definition) is 4. The molecule has 2 N–H and O–H groups in total. The van der Waals surface area contributed by atoms with Gasteiger partial charge in [0.05, 0.1) is 6.17 Å². The van der Waals surface area contributed by atoms with E-state index in [-0.39, 0.29) is 40.1 Å². The van der Waals surface area contributed by atoms with E-state index in [1.807, 2.05) is 14.1 Å². The second kappa shape index (κ2) is 37.7. The average Bonchev–Trinajstić information content (AvgIpc) is 2.06. The summed E-state index contributed by atoms with van der Waals surface area (Å²) >= 11 is 0. The molecule has 0 aliphatic rings. The maximum absolute atomic E-state index is 8.68. The van der Waals surface area contributed by atoms with Gasteiger partial charge in [-0.3, -0.25) is 12.6 Å². The van der Waals surface area contributed by atoms with Crippen LogP contribution in [-0.2, 0) is 42.3 Å². The van der Waals surface area contributed by atoms with Crippen LogP contribution >= 0.6 is 0 Å². The molecule has 5 heteroatoms. The molecule has 0 rings (SSSR count). The van der Waals surface area contributed by atoms with Crippen molar-refractivity contribution in [3.05, 3.63) is 7.43 Å². The fourth-order valence-electron chi connectivity index (χ4n) is 0.144. The Bertz CT molecular complexity index is 82.9. The van der Waals surface area contributed by atoms with Crippen LogP contribution in [0.3, 0.4) is 0 Å². The van der Waals surface area contributed by atoms with Crippen molar-refractivity contribution in [1.29, 1.82) is 0 Å². The number of rotatable bonds is 2. The van der Waals surface area contributed by atoms with Crippen molar-refractivity contribution >= 4 is 12.6 Å². The van der Waals surface area contributed by atoms with Crippen molar-refractivity contribution in [3.63, 3.8) is 0 Å². The normalized spacial score (nSPS) is 6.14. The van der Waals surface area contributed by atoms with E-state index >= 15 is 0 Å². The molecule has 0 aliphatic carbocycles. The molecule has 0 amide bonds. The van der Waals surface area contributed by atoms with Gasteiger partial charge < -0.3 is 27.6 Å². The van der Waals surface area contributed by atoms with Crippen LogP contribution in [0.5, 0.6) is 0 Å². The van der Waals surface area contributed by atoms with Gasteiger partial charge in [0.25, 0.3) is 0 Å². The second-order valence-corrected chi connectivity index (χ2v) is 1.71. The molecule has 4 nitrogen and oxygen atoms in total. The van der Waals surface area contributed by atoms with Gasteiger partial charge in [-0.15, -0.1) is 0 Å². The first kappa shape index (κ1) is 29.3. The third-order valence-corrected chi connectivity index (χ3v) is 0.866. The predicted molar refractivity (Wildman–Crippen MR) is 56.7 cm³/mol. The Morgan fingerprint density at radius 3 is 1.14 bits per heavy atom. The minimum atomic E-state index is 0. The van der Waals surface area contributed by atoms with Gasteiger partial charge in [-0.25, -0.2) is 0 Å². The topological polar surface area (TPSA) is 58.2 Å². The molecule has 0 aliphatic heterocycles. The molecule has 0 spiro atoms. The van der Waals surface area contributed by atoms with Crippen molar-refractivity contribution in [2.75, 3.05) is 14.1 Å². The Morgan fingerprint density at radius 1 is 1.00 bits per heavy atom. The van der Waals surface area contributed by atoms with E-state index in [0.717, 1.165) is 0 Å². The third kappa shape index (κ3) is 83.8. The molecular formula is C9H21N2O2Y. The molecule has 0 aromatic rings. The van der Waals surface area contributed by atoms with Gasteiger partial charge in [-0.1, -0.05) is 0 Å². The second-order valence-electron chi connectivity index (χ2n) is 1.71. The molecule has 0 unspecified atom stereocenters. The van der Waals surface area contributed by atoms with Crippen LogP contribution < -0.4 is 10.6 Å². The maximum atomic E-state index is 8.68. The van der Waals surface area contributed by atoms with E-state index < -0.39 is 0 Å².